The largest absolute Gasteiger partial charge is 0.382 e. The van der Waals surface area contributed by atoms with E-state index in [0.29, 0.717) is 28.6 Å². The zero-order valence-electron chi connectivity index (χ0n) is 13.7. The average Bonchev–Trinajstić information content (AvgIpc) is 2.90. The normalized spacial score (nSPS) is 11.1. The summed E-state index contributed by atoms with van der Waals surface area (Å²) in [6, 6.07) is 10.2. The highest BCUT2D eigenvalue weighted by atomic mass is 79.9. The van der Waals surface area contributed by atoms with E-state index in [1.54, 1.807) is 0 Å². The molecule has 0 bridgehead atoms. The van der Waals surface area contributed by atoms with E-state index in [-0.39, 0.29) is 0 Å². The number of unbranched alkanes of at least 4 members (excludes halogenated alkanes) is 2. The van der Waals surface area contributed by atoms with Gasteiger partial charge in [-0.25, -0.2) is 4.98 Å². The van der Waals surface area contributed by atoms with Crippen molar-refractivity contribution < 1.29 is 0 Å². The first-order chi connectivity index (χ1) is 11.7. The quantitative estimate of drug-likeness (QED) is 0.474. The van der Waals surface area contributed by atoms with Gasteiger partial charge in [0.25, 0.3) is 0 Å². The standard InChI is InChI=1S/C17H21BrN6/c1-2-3-7-10-20-17-22-14(19)13-15(23-17)24(16(18)21-13)11-12-8-5-4-6-9-12/h4-6,8-9H,2-3,7,10-11H2,1H3,(H3,19,20,22,23). The van der Waals surface area contributed by atoms with Crippen molar-refractivity contribution in [2.24, 2.45) is 0 Å². The van der Waals surface area contributed by atoms with Gasteiger partial charge in [-0.2, -0.15) is 9.97 Å². The summed E-state index contributed by atoms with van der Waals surface area (Å²) in [5, 5.41) is 3.25. The van der Waals surface area contributed by atoms with Crippen LogP contribution in [0.4, 0.5) is 11.8 Å². The van der Waals surface area contributed by atoms with Crippen LogP contribution in [0.3, 0.4) is 0 Å². The molecule has 3 aromatic rings. The molecule has 1 aromatic carbocycles. The minimum absolute atomic E-state index is 0.394. The van der Waals surface area contributed by atoms with Crippen molar-refractivity contribution in [3.05, 3.63) is 40.6 Å². The lowest BCUT2D eigenvalue weighted by Crippen LogP contribution is -2.09. The van der Waals surface area contributed by atoms with Gasteiger partial charge in [0.05, 0.1) is 6.54 Å². The number of nitrogens with zero attached hydrogens (tertiary/aromatic N) is 4. The monoisotopic (exact) mass is 388 g/mol. The third-order valence-electron chi connectivity index (χ3n) is 3.82. The molecule has 0 spiro atoms. The molecule has 0 saturated heterocycles. The number of nitrogens with one attached hydrogen (secondary N) is 1. The number of nitrogen functional groups attached to an aromatic ring is 1. The molecule has 2 heterocycles. The Balaban J connectivity index is 1.91. The summed E-state index contributed by atoms with van der Waals surface area (Å²) in [5.41, 5.74) is 8.60. The number of fused-ring (bicyclic) bond motifs is 1. The predicted octanol–water partition coefficient (Wildman–Crippen LogP) is 3.82. The van der Waals surface area contributed by atoms with E-state index in [1.165, 1.54) is 18.4 Å². The Kier molecular flexibility index (Phi) is 5.30. The Morgan fingerprint density at radius 1 is 1.12 bits per heavy atom. The molecule has 2 aromatic heterocycles. The minimum Gasteiger partial charge on any atom is -0.382 e. The molecule has 0 aliphatic carbocycles. The Morgan fingerprint density at radius 3 is 2.67 bits per heavy atom. The molecule has 3 rings (SSSR count). The Labute approximate surface area is 149 Å². The first kappa shape index (κ1) is 16.7. The number of aromatic nitrogens is 4. The van der Waals surface area contributed by atoms with Gasteiger partial charge in [-0.3, -0.25) is 4.57 Å². The number of halogens is 1. The van der Waals surface area contributed by atoms with E-state index in [0.717, 1.165) is 18.6 Å². The second-order valence-electron chi connectivity index (χ2n) is 5.69. The van der Waals surface area contributed by atoms with Crippen LogP contribution >= 0.6 is 15.9 Å². The summed E-state index contributed by atoms with van der Waals surface area (Å²) in [4.78, 5) is 13.4. The molecule has 0 aliphatic heterocycles. The molecule has 0 saturated carbocycles. The molecule has 0 aliphatic rings. The molecular formula is C17H21BrN6. The van der Waals surface area contributed by atoms with E-state index >= 15 is 0 Å². The number of nitrogens with two attached hydrogens (primary N) is 1. The van der Waals surface area contributed by atoms with E-state index in [2.05, 4.69) is 55.3 Å². The number of imidazole rings is 1. The third-order valence-corrected chi connectivity index (χ3v) is 4.43. The van der Waals surface area contributed by atoms with Crippen molar-refractivity contribution in [2.75, 3.05) is 17.6 Å². The highest BCUT2D eigenvalue weighted by Gasteiger charge is 2.15. The topological polar surface area (TPSA) is 81.6 Å². The maximum atomic E-state index is 6.08. The SMILES string of the molecule is CCCCCNc1nc(N)c2nc(Br)n(Cc3ccccc3)c2n1. The van der Waals surface area contributed by atoms with Crippen LogP contribution in [0.5, 0.6) is 0 Å². The zero-order chi connectivity index (χ0) is 16.9. The Morgan fingerprint density at radius 2 is 1.92 bits per heavy atom. The number of hydrogen-bond acceptors (Lipinski definition) is 5. The molecule has 3 N–H and O–H groups in total. The maximum Gasteiger partial charge on any atom is 0.226 e. The number of hydrogen-bond donors (Lipinski definition) is 2. The fourth-order valence-corrected chi connectivity index (χ4v) is 3.03. The highest BCUT2D eigenvalue weighted by molar-refractivity contribution is 9.10. The van der Waals surface area contributed by atoms with E-state index in [1.807, 2.05) is 22.8 Å². The van der Waals surface area contributed by atoms with Gasteiger partial charge in [0.15, 0.2) is 21.7 Å². The fraction of sp³-hybridized carbons (Fsp3) is 0.353. The van der Waals surface area contributed by atoms with Crippen molar-refractivity contribution in [2.45, 2.75) is 32.7 Å². The molecule has 0 radical (unpaired) electrons. The molecule has 0 fully saturated rings. The van der Waals surface area contributed by atoms with Gasteiger partial charge in [0.1, 0.15) is 0 Å². The van der Waals surface area contributed by atoms with Crippen LogP contribution in [0.2, 0.25) is 0 Å². The van der Waals surface area contributed by atoms with Crippen molar-refractivity contribution in [1.29, 1.82) is 0 Å². The zero-order valence-corrected chi connectivity index (χ0v) is 15.3. The van der Waals surface area contributed by atoms with Crippen LogP contribution in [-0.2, 0) is 6.54 Å². The first-order valence-electron chi connectivity index (χ1n) is 8.16. The van der Waals surface area contributed by atoms with Gasteiger partial charge in [-0.15, -0.1) is 0 Å². The lowest BCUT2D eigenvalue weighted by molar-refractivity contribution is 0.740. The Bertz CT molecular complexity index is 815. The van der Waals surface area contributed by atoms with Crippen molar-refractivity contribution in [3.63, 3.8) is 0 Å². The van der Waals surface area contributed by atoms with Crippen molar-refractivity contribution in [3.8, 4) is 0 Å². The van der Waals surface area contributed by atoms with E-state index in [9.17, 15) is 0 Å². The van der Waals surface area contributed by atoms with Crippen LogP contribution in [-0.4, -0.2) is 26.1 Å². The van der Waals surface area contributed by atoms with Crippen molar-refractivity contribution >= 4 is 38.9 Å². The number of benzene rings is 1. The average molecular weight is 389 g/mol. The minimum atomic E-state index is 0.394. The lowest BCUT2D eigenvalue weighted by atomic mass is 10.2. The smallest absolute Gasteiger partial charge is 0.226 e. The van der Waals surface area contributed by atoms with Crippen LogP contribution in [0, 0.1) is 0 Å². The molecule has 7 heteroatoms. The molecule has 24 heavy (non-hydrogen) atoms. The van der Waals surface area contributed by atoms with Gasteiger partial charge in [-0.05, 0) is 27.9 Å². The molecule has 126 valence electrons. The fourth-order valence-electron chi connectivity index (χ4n) is 2.56. The van der Waals surface area contributed by atoms with Crippen LogP contribution in [0.1, 0.15) is 31.7 Å². The summed E-state index contributed by atoms with van der Waals surface area (Å²) >= 11 is 3.51. The summed E-state index contributed by atoms with van der Waals surface area (Å²) in [5.74, 6) is 0.948. The summed E-state index contributed by atoms with van der Waals surface area (Å²) in [7, 11) is 0. The van der Waals surface area contributed by atoms with E-state index < -0.39 is 0 Å². The van der Waals surface area contributed by atoms with Gasteiger partial charge in [0.2, 0.25) is 5.95 Å². The number of rotatable bonds is 7. The van der Waals surface area contributed by atoms with Crippen molar-refractivity contribution in [1.82, 2.24) is 19.5 Å². The van der Waals surface area contributed by atoms with Gasteiger partial charge >= 0.3 is 0 Å². The molecule has 0 unspecified atom stereocenters. The molecule has 6 nitrogen and oxygen atoms in total. The Hall–Kier alpha value is -2.15. The third kappa shape index (κ3) is 3.67. The summed E-state index contributed by atoms with van der Waals surface area (Å²) in [6.45, 7) is 3.69. The summed E-state index contributed by atoms with van der Waals surface area (Å²) < 4.78 is 2.70. The van der Waals surface area contributed by atoms with Gasteiger partial charge in [-0.1, -0.05) is 50.1 Å². The van der Waals surface area contributed by atoms with Gasteiger partial charge in [0, 0.05) is 6.54 Å². The molecule has 0 atom stereocenters. The number of anilines is 2. The highest BCUT2D eigenvalue weighted by Crippen LogP contribution is 2.24. The lowest BCUT2D eigenvalue weighted by Gasteiger charge is -2.08. The second kappa shape index (κ2) is 7.61. The summed E-state index contributed by atoms with van der Waals surface area (Å²) in [6.07, 6.45) is 3.45. The van der Waals surface area contributed by atoms with Crippen LogP contribution in [0.15, 0.2) is 35.1 Å². The first-order valence-corrected chi connectivity index (χ1v) is 8.95. The molecule has 0 amide bonds. The van der Waals surface area contributed by atoms with Crippen LogP contribution in [0.25, 0.3) is 11.2 Å². The van der Waals surface area contributed by atoms with Gasteiger partial charge < -0.3 is 11.1 Å². The van der Waals surface area contributed by atoms with E-state index in [4.69, 9.17) is 5.73 Å². The van der Waals surface area contributed by atoms with Crippen LogP contribution < -0.4 is 11.1 Å². The predicted molar refractivity (Wildman–Crippen MR) is 101 cm³/mol. The second-order valence-corrected chi connectivity index (χ2v) is 6.40. The molecular weight excluding hydrogens is 368 g/mol. The maximum absolute atomic E-state index is 6.08.